The SMILES string of the molecule is CNS(=O)(=O)c1cc(C(=O)Nc2ccccc2OCC2CCCCO2)ccc1OC. The average Bonchev–Trinajstić information content (AvgIpc) is 2.78. The van der Waals surface area contributed by atoms with E-state index >= 15 is 0 Å². The number of hydrogen-bond donors (Lipinski definition) is 2. The summed E-state index contributed by atoms with van der Waals surface area (Å²) in [6, 6.07) is 11.3. The van der Waals surface area contributed by atoms with E-state index in [0.717, 1.165) is 25.9 Å². The number of anilines is 1. The van der Waals surface area contributed by atoms with E-state index in [1.807, 2.05) is 6.07 Å². The minimum atomic E-state index is -3.79. The Bertz CT molecular complexity index is 987. The fourth-order valence-corrected chi connectivity index (χ4v) is 4.07. The van der Waals surface area contributed by atoms with Crippen LogP contribution in [0.15, 0.2) is 47.4 Å². The molecule has 8 nitrogen and oxygen atoms in total. The zero-order valence-corrected chi connectivity index (χ0v) is 17.8. The maximum absolute atomic E-state index is 12.8. The van der Waals surface area contributed by atoms with E-state index in [-0.39, 0.29) is 22.3 Å². The topological polar surface area (TPSA) is 103 Å². The van der Waals surface area contributed by atoms with E-state index in [1.165, 1.54) is 32.4 Å². The van der Waals surface area contributed by atoms with Crippen LogP contribution in [-0.2, 0) is 14.8 Å². The lowest BCUT2D eigenvalue weighted by Crippen LogP contribution is -2.26. The summed E-state index contributed by atoms with van der Waals surface area (Å²) in [5.74, 6) is 0.212. The van der Waals surface area contributed by atoms with Crippen molar-refractivity contribution in [1.82, 2.24) is 4.72 Å². The molecule has 1 atom stereocenters. The van der Waals surface area contributed by atoms with Crippen molar-refractivity contribution in [3.8, 4) is 11.5 Å². The number of rotatable bonds is 8. The third-order valence-electron chi connectivity index (χ3n) is 4.82. The molecule has 2 N–H and O–H groups in total. The summed E-state index contributed by atoms with van der Waals surface area (Å²) in [5.41, 5.74) is 0.669. The van der Waals surface area contributed by atoms with Crippen molar-refractivity contribution in [2.75, 3.05) is 32.7 Å². The summed E-state index contributed by atoms with van der Waals surface area (Å²) >= 11 is 0. The molecule has 0 spiro atoms. The zero-order valence-electron chi connectivity index (χ0n) is 17.0. The van der Waals surface area contributed by atoms with E-state index in [0.29, 0.717) is 18.0 Å². The number of para-hydroxylation sites is 2. The summed E-state index contributed by atoms with van der Waals surface area (Å²) in [4.78, 5) is 12.7. The van der Waals surface area contributed by atoms with E-state index in [9.17, 15) is 13.2 Å². The van der Waals surface area contributed by atoms with Gasteiger partial charge in [-0.05, 0) is 56.6 Å². The third-order valence-corrected chi connectivity index (χ3v) is 6.25. The second-order valence-electron chi connectivity index (χ2n) is 6.82. The van der Waals surface area contributed by atoms with Gasteiger partial charge in [0.25, 0.3) is 5.91 Å². The normalized spacial score (nSPS) is 16.7. The number of nitrogens with one attached hydrogen (secondary N) is 2. The summed E-state index contributed by atoms with van der Waals surface area (Å²) in [6.45, 7) is 1.14. The number of carbonyl (C=O) groups is 1. The quantitative estimate of drug-likeness (QED) is 0.662. The molecule has 162 valence electrons. The molecule has 0 radical (unpaired) electrons. The first-order valence-corrected chi connectivity index (χ1v) is 11.2. The Labute approximate surface area is 176 Å². The molecule has 1 amide bonds. The third kappa shape index (κ3) is 5.29. The van der Waals surface area contributed by atoms with Gasteiger partial charge in [0.15, 0.2) is 0 Å². The maximum atomic E-state index is 12.8. The highest BCUT2D eigenvalue weighted by Gasteiger charge is 2.21. The van der Waals surface area contributed by atoms with Gasteiger partial charge in [0.1, 0.15) is 23.0 Å². The molecule has 9 heteroatoms. The van der Waals surface area contributed by atoms with Gasteiger partial charge >= 0.3 is 0 Å². The van der Waals surface area contributed by atoms with Crippen molar-refractivity contribution >= 4 is 21.6 Å². The Morgan fingerprint density at radius 2 is 1.97 bits per heavy atom. The molecular weight excluding hydrogens is 408 g/mol. The number of hydrogen-bond acceptors (Lipinski definition) is 6. The molecule has 1 unspecified atom stereocenters. The van der Waals surface area contributed by atoms with Gasteiger partial charge in [-0.3, -0.25) is 4.79 Å². The Hall–Kier alpha value is -2.62. The fraction of sp³-hybridized carbons (Fsp3) is 0.381. The van der Waals surface area contributed by atoms with Crippen molar-refractivity contribution < 1.29 is 27.4 Å². The zero-order chi connectivity index (χ0) is 21.6. The predicted octanol–water partition coefficient (Wildman–Crippen LogP) is 2.80. The molecule has 1 heterocycles. The average molecular weight is 435 g/mol. The Balaban J connectivity index is 1.77. The first kappa shape index (κ1) is 22.1. The number of amides is 1. The molecule has 1 saturated heterocycles. The molecule has 1 aliphatic rings. The molecular formula is C21H26N2O6S. The molecule has 2 aromatic carbocycles. The summed E-state index contributed by atoms with van der Waals surface area (Å²) in [5, 5.41) is 2.79. The Kier molecular flexibility index (Phi) is 7.30. The highest BCUT2D eigenvalue weighted by molar-refractivity contribution is 7.89. The van der Waals surface area contributed by atoms with Gasteiger partial charge in [-0.25, -0.2) is 13.1 Å². The summed E-state index contributed by atoms with van der Waals surface area (Å²) < 4.78 is 43.4. The second kappa shape index (κ2) is 9.92. The lowest BCUT2D eigenvalue weighted by atomic mass is 10.1. The Morgan fingerprint density at radius 3 is 2.67 bits per heavy atom. The number of carbonyl (C=O) groups excluding carboxylic acids is 1. The van der Waals surface area contributed by atoms with E-state index < -0.39 is 15.9 Å². The molecule has 2 aromatic rings. The van der Waals surface area contributed by atoms with E-state index in [1.54, 1.807) is 18.2 Å². The number of ether oxygens (including phenoxy) is 3. The minimum Gasteiger partial charge on any atom is -0.495 e. The highest BCUT2D eigenvalue weighted by atomic mass is 32.2. The minimum absolute atomic E-state index is 0.0402. The van der Waals surface area contributed by atoms with Gasteiger partial charge in [0.2, 0.25) is 10.0 Å². The molecule has 0 bridgehead atoms. The van der Waals surface area contributed by atoms with Crippen LogP contribution in [0.4, 0.5) is 5.69 Å². The van der Waals surface area contributed by atoms with Crippen LogP contribution in [-0.4, -0.2) is 47.8 Å². The van der Waals surface area contributed by atoms with Crippen molar-refractivity contribution in [3.63, 3.8) is 0 Å². The monoisotopic (exact) mass is 434 g/mol. The van der Waals surface area contributed by atoms with Crippen molar-refractivity contribution in [2.24, 2.45) is 0 Å². The van der Waals surface area contributed by atoms with Crippen molar-refractivity contribution in [2.45, 2.75) is 30.3 Å². The van der Waals surface area contributed by atoms with Crippen LogP contribution >= 0.6 is 0 Å². The molecule has 30 heavy (non-hydrogen) atoms. The van der Waals surface area contributed by atoms with Crippen LogP contribution < -0.4 is 19.5 Å². The first-order valence-electron chi connectivity index (χ1n) is 9.71. The smallest absolute Gasteiger partial charge is 0.255 e. The van der Waals surface area contributed by atoms with Gasteiger partial charge in [-0.2, -0.15) is 0 Å². The molecule has 1 fully saturated rings. The van der Waals surface area contributed by atoms with E-state index in [4.69, 9.17) is 14.2 Å². The van der Waals surface area contributed by atoms with Crippen LogP contribution in [0.1, 0.15) is 29.6 Å². The van der Waals surface area contributed by atoms with Crippen LogP contribution in [0.25, 0.3) is 0 Å². The van der Waals surface area contributed by atoms with Gasteiger partial charge in [-0.15, -0.1) is 0 Å². The van der Waals surface area contributed by atoms with Gasteiger partial charge < -0.3 is 19.5 Å². The number of benzene rings is 2. The molecule has 0 saturated carbocycles. The van der Waals surface area contributed by atoms with Crippen LogP contribution in [0.3, 0.4) is 0 Å². The van der Waals surface area contributed by atoms with Crippen LogP contribution in [0, 0.1) is 0 Å². The van der Waals surface area contributed by atoms with Crippen molar-refractivity contribution in [3.05, 3.63) is 48.0 Å². The van der Waals surface area contributed by atoms with Crippen LogP contribution in [0.2, 0.25) is 0 Å². The second-order valence-corrected chi connectivity index (χ2v) is 8.68. The van der Waals surface area contributed by atoms with E-state index in [2.05, 4.69) is 10.0 Å². The Morgan fingerprint density at radius 1 is 1.17 bits per heavy atom. The first-order chi connectivity index (χ1) is 14.4. The lowest BCUT2D eigenvalue weighted by molar-refractivity contribution is -0.0109. The lowest BCUT2D eigenvalue weighted by Gasteiger charge is -2.23. The number of sulfonamides is 1. The van der Waals surface area contributed by atoms with Crippen LogP contribution in [0.5, 0.6) is 11.5 Å². The standard InChI is InChI=1S/C21H26N2O6S/c1-22-30(25,26)20-13-15(10-11-19(20)27-2)21(24)23-17-8-3-4-9-18(17)29-14-16-7-5-6-12-28-16/h3-4,8-11,13,16,22H,5-7,12,14H2,1-2H3,(H,23,24). The molecule has 3 rings (SSSR count). The molecule has 0 aromatic heterocycles. The van der Waals surface area contributed by atoms with Gasteiger partial charge in [-0.1, -0.05) is 12.1 Å². The number of methoxy groups -OCH3 is 1. The molecule has 1 aliphatic heterocycles. The predicted molar refractivity (Wildman–Crippen MR) is 113 cm³/mol. The summed E-state index contributed by atoms with van der Waals surface area (Å²) in [6.07, 6.45) is 3.17. The highest BCUT2D eigenvalue weighted by Crippen LogP contribution is 2.28. The van der Waals surface area contributed by atoms with Gasteiger partial charge in [0.05, 0.1) is 18.9 Å². The van der Waals surface area contributed by atoms with Gasteiger partial charge in [0, 0.05) is 12.2 Å². The maximum Gasteiger partial charge on any atom is 0.255 e. The van der Waals surface area contributed by atoms with Crippen molar-refractivity contribution in [1.29, 1.82) is 0 Å². The fourth-order valence-electron chi connectivity index (χ4n) is 3.15. The largest absolute Gasteiger partial charge is 0.495 e. The summed E-state index contributed by atoms with van der Waals surface area (Å²) in [7, 11) is -1.13. The molecule has 0 aliphatic carbocycles.